The molecule has 0 amide bonds. The lowest BCUT2D eigenvalue weighted by Gasteiger charge is -2.10. The molecule has 1 aromatic carbocycles. The molecule has 0 saturated heterocycles. The number of anilines is 1. The Morgan fingerprint density at radius 2 is 1.65 bits per heavy atom. The number of hydrogen-bond donors (Lipinski definition) is 1. The largest absolute Gasteiger partial charge is 0.573 e. The average molecular weight is 284 g/mol. The van der Waals surface area contributed by atoms with Gasteiger partial charge in [0.25, 0.3) is 0 Å². The average Bonchev–Trinajstić information content (AvgIpc) is 2.38. The van der Waals surface area contributed by atoms with Gasteiger partial charge in [0.2, 0.25) is 0 Å². The molecule has 4 nitrogen and oxygen atoms in total. The molecule has 2 rings (SSSR count). The molecule has 2 N–H and O–H groups in total. The maximum atomic E-state index is 12.0. The zero-order chi connectivity index (χ0) is 14.6. The van der Waals surface area contributed by atoms with Crippen LogP contribution in [-0.2, 0) is 6.61 Å². The fourth-order valence-electron chi connectivity index (χ4n) is 1.43. The number of nitrogen functional groups attached to an aromatic ring is 1. The summed E-state index contributed by atoms with van der Waals surface area (Å²) in [5.74, 6) is 0.540. The predicted octanol–water partition coefficient (Wildman–Crippen LogP) is 3.14. The van der Waals surface area contributed by atoms with Gasteiger partial charge in [0.05, 0.1) is 0 Å². The monoisotopic (exact) mass is 284 g/mol. The highest BCUT2D eigenvalue weighted by molar-refractivity contribution is 5.32. The molecule has 0 unspecified atom stereocenters. The fraction of sp³-hybridized carbons (Fsp3) is 0.154. The summed E-state index contributed by atoms with van der Waals surface area (Å²) in [6, 6.07) is 8.55. The van der Waals surface area contributed by atoms with E-state index < -0.39 is 6.36 Å². The summed E-state index contributed by atoms with van der Waals surface area (Å²) < 4.78 is 45.1. The van der Waals surface area contributed by atoms with Gasteiger partial charge in [-0.25, -0.2) is 4.98 Å². The van der Waals surface area contributed by atoms with Crippen LogP contribution in [0.15, 0.2) is 42.6 Å². The number of alkyl halides is 3. The molecule has 0 aliphatic rings. The normalized spacial score (nSPS) is 11.2. The van der Waals surface area contributed by atoms with E-state index in [9.17, 15) is 13.2 Å². The van der Waals surface area contributed by atoms with Gasteiger partial charge in [-0.15, -0.1) is 13.2 Å². The summed E-state index contributed by atoms with van der Waals surface area (Å²) in [6.45, 7) is 0.243. The van der Waals surface area contributed by atoms with E-state index in [0.717, 1.165) is 5.56 Å². The Kier molecular flexibility index (Phi) is 3.97. The maximum Gasteiger partial charge on any atom is 0.573 e. The first kappa shape index (κ1) is 14.0. The highest BCUT2D eigenvalue weighted by atomic mass is 19.4. The van der Waals surface area contributed by atoms with Gasteiger partial charge in [0.15, 0.2) is 0 Å². The molecule has 0 radical (unpaired) electrons. The van der Waals surface area contributed by atoms with Crippen LogP contribution in [0.1, 0.15) is 5.56 Å². The Bertz CT molecular complexity index is 553. The number of ether oxygens (including phenoxy) is 2. The molecular weight excluding hydrogens is 273 g/mol. The van der Waals surface area contributed by atoms with Crippen molar-refractivity contribution in [1.29, 1.82) is 0 Å². The molecule has 7 heteroatoms. The van der Waals surface area contributed by atoms with Crippen molar-refractivity contribution < 1.29 is 22.6 Å². The third kappa shape index (κ3) is 4.34. The number of pyridine rings is 1. The number of halogens is 3. The van der Waals surface area contributed by atoms with E-state index in [2.05, 4.69) is 9.72 Å². The molecule has 1 aromatic heterocycles. The topological polar surface area (TPSA) is 57.4 Å². The molecule has 20 heavy (non-hydrogen) atoms. The highest BCUT2D eigenvalue weighted by Crippen LogP contribution is 2.25. The van der Waals surface area contributed by atoms with Crippen molar-refractivity contribution in [1.82, 2.24) is 4.98 Å². The minimum atomic E-state index is -4.70. The number of hydrogen-bond acceptors (Lipinski definition) is 4. The number of rotatable bonds is 4. The van der Waals surface area contributed by atoms with Crippen LogP contribution in [0.4, 0.5) is 19.0 Å². The second kappa shape index (κ2) is 5.68. The van der Waals surface area contributed by atoms with Crippen molar-refractivity contribution in [3.8, 4) is 11.5 Å². The van der Waals surface area contributed by atoms with Gasteiger partial charge in [0.1, 0.15) is 23.9 Å². The van der Waals surface area contributed by atoms with E-state index in [-0.39, 0.29) is 12.4 Å². The number of nitrogens with zero attached hydrogens (tertiary/aromatic N) is 1. The molecular formula is C13H11F3N2O2. The van der Waals surface area contributed by atoms with Crippen molar-refractivity contribution in [3.63, 3.8) is 0 Å². The summed E-state index contributed by atoms with van der Waals surface area (Å²) in [7, 11) is 0. The third-order valence-corrected chi connectivity index (χ3v) is 2.31. The van der Waals surface area contributed by atoms with Crippen LogP contribution in [0.3, 0.4) is 0 Å². The van der Waals surface area contributed by atoms with Gasteiger partial charge >= 0.3 is 6.36 Å². The zero-order valence-corrected chi connectivity index (χ0v) is 10.2. The van der Waals surface area contributed by atoms with E-state index in [1.807, 2.05) is 0 Å². The Morgan fingerprint density at radius 3 is 2.20 bits per heavy atom. The lowest BCUT2D eigenvalue weighted by molar-refractivity contribution is -0.274. The molecule has 1 heterocycles. The quantitative estimate of drug-likeness (QED) is 0.937. The summed E-state index contributed by atoms with van der Waals surface area (Å²) in [5, 5.41) is 0. The van der Waals surface area contributed by atoms with Gasteiger partial charge < -0.3 is 15.2 Å². The fourth-order valence-corrected chi connectivity index (χ4v) is 1.43. The van der Waals surface area contributed by atoms with Crippen LogP contribution < -0.4 is 15.2 Å². The Morgan fingerprint density at radius 1 is 1.00 bits per heavy atom. The molecule has 106 valence electrons. The zero-order valence-electron chi connectivity index (χ0n) is 10.2. The maximum absolute atomic E-state index is 12.0. The Labute approximate surface area is 113 Å². The van der Waals surface area contributed by atoms with E-state index >= 15 is 0 Å². The Hall–Kier alpha value is -2.44. The SMILES string of the molecule is Nc1ccc(COc2ccc(OC(F)(F)F)cc2)cn1. The lowest BCUT2D eigenvalue weighted by atomic mass is 10.3. The lowest BCUT2D eigenvalue weighted by Crippen LogP contribution is -2.16. The second-order valence-electron chi connectivity index (χ2n) is 3.90. The predicted molar refractivity (Wildman–Crippen MR) is 66.1 cm³/mol. The number of aromatic nitrogens is 1. The van der Waals surface area contributed by atoms with Crippen LogP contribution in [0.25, 0.3) is 0 Å². The molecule has 0 atom stereocenters. The molecule has 0 saturated carbocycles. The summed E-state index contributed by atoms with van der Waals surface area (Å²) in [6.07, 6.45) is -3.13. The minimum absolute atomic E-state index is 0.243. The van der Waals surface area contributed by atoms with Crippen molar-refractivity contribution in [2.45, 2.75) is 13.0 Å². The molecule has 0 spiro atoms. The van der Waals surface area contributed by atoms with E-state index in [1.165, 1.54) is 24.3 Å². The molecule has 0 aliphatic heterocycles. The van der Waals surface area contributed by atoms with Crippen LogP contribution in [0.2, 0.25) is 0 Å². The smallest absolute Gasteiger partial charge is 0.489 e. The first-order chi connectivity index (χ1) is 9.42. The Balaban J connectivity index is 1.92. The first-order valence-electron chi connectivity index (χ1n) is 5.61. The van der Waals surface area contributed by atoms with Crippen molar-refractivity contribution in [2.75, 3.05) is 5.73 Å². The van der Waals surface area contributed by atoms with E-state index in [0.29, 0.717) is 11.6 Å². The first-order valence-corrected chi connectivity index (χ1v) is 5.61. The molecule has 0 aliphatic carbocycles. The van der Waals surface area contributed by atoms with Crippen LogP contribution in [0.5, 0.6) is 11.5 Å². The number of benzene rings is 1. The van der Waals surface area contributed by atoms with Crippen LogP contribution in [0, 0.1) is 0 Å². The van der Waals surface area contributed by atoms with Crippen LogP contribution >= 0.6 is 0 Å². The van der Waals surface area contributed by atoms with Crippen molar-refractivity contribution in [2.24, 2.45) is 0 Å². The van der Waals surface area contributed by atoms with Gasteiger partial charge in [-0.05, 0) is 30.3 Å². The van der Waals surface area contributed by atoms with E-state index in [1.54, 1.807) is 18.3 Å². The van der Waals surface area contributed by atoms with Gasteiger partial charge in [-0.2, -0.15) is 0 Å². The molecule has 2 aromatic rings. The third-order valence-electron chi connectivity index (χ3n) is 2.31. The number of nitrogens with two attached hydrogens (primary N) is 1. The van der Waals surface area contributed by atoms with Crippen LogP contribution in [-0.4, -0.2) is 11.3 Å². The van der Waals surface area contributed by atoms with E-state index in [4.69, 9.17) is 10.5 Å². The van der Waals surface area contributed by atoms with Crippen molar-refractivity contribution in [3.05, 3.63) is 48.2 Å². The minimum Gasteiger partial charge on any atom is -0.489 e. The molecule has 0 fully saturated rings. The second-order valence-corrected chi connectivity index (χ2v) is 3.90. The van der Waals surface area contributed by atoms with Crippen molar-refractivity contribution >= 4 is 5.82 Å². The summed E-state index contributed by atoms with van der Waals surface area (Å²) in [4.78, 5) is 3.90. The van der Waals surface area contributed by atoms with Gasteiger partial charge in [0, 0.05) is 11.8 Å². The summed E-state index contributed by atoms with van der Waals surface area (Å²) >= 11 is 0. The van der Waals surface area contributed by atoms with Gasteiger partial charge in [-0.1, -0.05) is 6.07 Å². The highest BCUT2D eigenvalue weighted by Gasteiger charge is 2.30. The summed E-state index contributed by atoms with van der Waals surface area (Å²) in [5.41, 5.74) is 6.24. The van der Waals surface area contributed by atoms with Gasteiger partial charge in [-0.3, -0.25) is 0 Å². The standard InChI is InChI=1S/C13H11F3N2O2/c14-13(15,16)20-11-4-2-10(3-5-11)19-8-9-1-6-12(17)18-7-9/h1-7H,8H2,(H2,17,18). The molecule has 0 bridgehead atoms.